The zero-order valence-electron chi connectivity index (χ0n) is 12.6. The highest BCUT2D eigenvalue weighted by molar-refractivity contribution is 6.66. The fourth-order valence-corrected chi connectivity index (χ4v) is 5.03. The molecule has 0 bridgehead atoms. The van der Waals surface area contributed by atoms with Gasteiger partial charge in [0.05, 0.1) is 0 Å². The van der Waals surface area contributed by atoms with Crippen molar-refractivity contribution in [1.82, 2.24) is 0 Å². The Bertz CT molecular complexity index is 174. The summed E-state index contributed by atoms with van der Waals surface area (Å²) in [5.74, 6) is 0. The van der Waals surface area contributed by atoms with Gasteiger partial charge in [-0.05, 0) is 33.4 Å². The van der Waals surface area contributed by atoms with Gasteiger partial charge < -0.3 is 8.85 Å². The van der Waals surface area contributed by atoms with Gasteiger partial charge in [-0.3, -0.25) is 0 Å². The maximum Gasteiger partial charge on any atom is 0.335 e. The SMILES string of the molecule is CCCCCCCC[Si](C)(OCC)OC(C)C. The van der Waals surface area contributed by atoms with Gasteiger partial charge in [0.25, 0.3) is 0 Å². The lowest BCUT2D eigenvalue weighted by molar-refractivity contribution is 0.141. The van der Waals surface area contributed by atoms with Crippen LogP contribution in [-0.2, 0) is 8.85 Å². The molecule has 0 aromatic rings. The molecule has 0 heterocycles. The largest absolute Gasteiger partial charge is 0.395 e. The Balaban J connectivity index is 3.76. The maximum absolute atomic E-state index is 6.02. The van der Waals surface area contributed by atoms with Crippen LogP contribution in [0.4, 0.5) is 0 Å². The summed E-state index contributed by atoms with van der Waals surface area (Å²) in [7, 11) is -1.88. The summed E-state index contributed by atoms with van der Waals surface area (Å²) in [6.45, 7) is 11.5. The van der Waals surface area contributed by atoms with Crippen LogP contribution in [0, 0.1) is 0 Å². The monoisotopic (exact) mass is 260 g/mol. The summed E-state index contributed by atoms with van der Waals surface area (Å²) in [6, 6.07) is 1.14. The molecule has 0 aliphatic heterocycles. The predicted octanol–water partition coefficient (Wildman–Crippen LogP) is 4.88. The van der Waals surface area contributed by atoms with E-state index in [1.165, 1.54) is 38.5 Å². The standard InChI is InChI=1S/C14H32O2Si/c1-6-8-9-10-11-12-13-17(5,15-7-2)16-14(3)4/h14H,6-13H2,1-5H3. The van der Waals surface area contributed by atoms with E-state index in [1.54, 1.807) is 0 Å². The van der Waals surface area contributed by atoms with Crippen molar-refractivity contribution in [2.24, 2.45) is 0 Å². The molecule has 1 unspecified atom stereocenters. The average Bonchev–Trinajstić information content (AvgIpc) is 2.22. The van der Waals surface area contributed by atoms with Crippen molar-refractivity contribution in [3.63, 3.8) is 0 Å². The van der Waals surface area contributed by atoms with Crippen LogP contribution in [0.1, 0.15) is 66.2 Å². The van der Waals surface area contributed by atoms with Gasteiger partial charge in [-0.2, -0.15) is 0 Å². The molecule has 0 amide bonds. The Morgan fingerprint density at radius 1 is 0.941 bits per heavy atom. The van der Waals surface area contributed by atoms with Crippen LogP contribution in [0.2, 0.25) is 12.6 Å². The highest BCUT2D eigenvalue weighted by Gasteiger charge is 2.31. The lowest BCUT2D eigenvalue weighted by Gasteiger charge is -2.28. The summed E-state index contributed by atoms with van der Waals surface area (Å²) in [5.41, 5.74) is 0. The van der Waals surface area contributed by atoms with Crippen molar-refractivity contribution in [1.29, 1.82) is 0 Å². The van der Waals surface area contributed by atoms with Gasteiger partial charge in [0.15, 0.2) is 0 Å². The molecule has 2 nitrogen and oxygen atoms in total. The van der Waals surface area contributed by atoms with E-state index in [9.17, 15) is 0 Å². The predicted molar refractivity (Wildman–Crippen MR) is 77.6 cm³/mol. The zero-order chi connectivity index (χ0) is 13.1. The lowest BCUT2D eigenvalue weighted by Crippen LogP contribution is -2.40. The van der Waals surface area contributed by atoms with Crippen LogP contribution >= 0.6 is 0 Å². The van der Waals surface area contributed by atoms with Gasteiger partial charge in [0, 0.05) is 12.7 Å². The molecule has 0 N–H and O–H groups in total. The molecule has 0 saturated carbocycles. The fraction of sp³-hybridized carbons (Fsp3) is 1.00. The molecule has 0 fully saturated rings. The Labute approximate surface area is 109 Å². The van der Waals surface area contributed by atoms with Crippen molar-refractivity contribution in [3.8, 4) is 0 Å². The third-order valence-corrected chi connectivity index (χ3v) is 6.05. The van der Waals surface area contributed by atoms with Crippen LogP contribution in [0.25, 0.3) is 0 Å². The first-order chi connectivity index (χ1) is 8.04. The minimum atomic E-state index is -1.88. The van der Waals surface area contributed by atoms with Crippen LogP contribution in [0.15, 0.2) is 0 Å². The molecule has 0 saturated heterocycles. The Morgan fingerprint density at radius 2 is 1.53 bits per heavy atom. The molecule has 0 aromatic carbocycles. The van der Waals surface area contributed by atoms with Crippen LogP contribution in [0.3, 0.4) is 0 Å². The van der Waals surface area contributed by atoms with Gasteiger partial charge in [0.2, 0.25) is 0 Å². The molecule has 1 atom stereocenters. The van der Waals surface area contributed by atoms with Crippen molar-refractivity contribution in [2.45, 2.75) is 84.9 Å². The summed E-state index contributed by atoms with van der Waals surface area (Å²) in [6.07, 6.45) is 8.33. The number of hydrogen-bond acceptors (Lipinski definition) is 2. The Kier molecular flexibility index (Phi) is 10.2. The Morgan fingerprint density at radius 3 is 2.06 bits per heavy atom. The van der Waals surface area contributed by atoms with Crippen LogP contribution in [-0.4, -0.2) is 21.3 Å². The molecule has 3 heteroatoms. The van der Waals surface area contributed by atoms with Gasteiger partial charge in [-0.1, -0.05) is 45.4 Å². The Hall–Kier alpha value is 0.137. The van der Waals surface area contributed by atoms with E-state index < -0.39 is 8.56 Å². The minimum absolute atomic E-state index is 0.290. The molecule has 0 rings (SSSR count). The average molecular weight is 260 g/mol. The van der Waals surface area contributed by atoms with Crippen molar-refractivity contribution in [2.75, 3.05) is 6.61 Å². The highest BCUT2D eigenvalue weighted by atomic mass is 28.4. The van der Waals surface area contributed by atoms with Gasteiger partial charge >= 0.3 is 8.56 Å². The third-order valence-electron chi connectivity index (χ3n) is 2.92. The first kappa shape index (κ1) is 17.1. The summed E-state index contributed by atoms with van der Waals surface area (Å²) in [4.78, 5) is 0. The molecular weight excluding hydrogens is 228 g/mol. The number of unbranched alkanes of at least 4 members (excludes halogenated alkanes) is 5. The van der Waals surface area contributed by atoms with Crippen molar-refractivity contribution >= 4 is 8.56 Å². The normalized spacial score (nSPS) is 15.2. The van der Waals surface area contributed by atoms with Crippen molar-refractivity contribution < 1.29 is 8.85 Å². The quantitative estimate of drug-likeness (QED) is 0.389. The molecule has 0 radical (unpaired) electrons. The van der Waals surface area contributed by atoms with Gasteiger partial charge in [-0.15, -0.1) is 0 Å². The number of hydrogen-bond donors (Lipinski definition) is 0. The molecule has 17 heavy (non-hydrogen) atoms. The second-order valence-corrected chi connectivity index (χ2v) is 8.54. The first-order valence-electron chi connectivity index (χ1n) is 7.36. The van der Waals surface area contributed by atoms with Gasteiger partial charge in [-0.25, -0.2) is 0 Å². The van der Waals surface area contributed by atoms with Crippen LogP contribution in [0.5, 0.6) is 0 Å². The molecule has 0 aliphatic carbocycles. The van der Waals surface area contributed by atoms with E-state index >= 15 is 0 Å². The minimum Gasteiger partial charge on any atom is -0.395 e. The van der Waals surface area contributed by atoms with Crippen molar-refractivity contribution in [3.05, 3.63) is 0 Å². The topological polar surface area (TPSA) is 18.5 Å². The van der Waals surface area contributed by atoms with E-state index in [-0.39, 0.29) is 0 Å². The van der Waals surface area contributed by atoms with E-state index in [0.717, 1.165) is 12.7 Å². The smallest absolute Gasteiger partial charge is 0.335 e. The molecule has 0 aliphatic rings. The number of rotatable bonds is 11. The van der Waals surface area contributed by atoms with E-state index in [0.29, 0.717) is 6.10 Å². The maximum atomic E-state index is 6.02. The van der Waals surface area contributed by atoms with E-state index in [2.05, 4.69) is 34.2 Å². The second kappa shape index (κ2) is 10.1. The molecular formula is C14H32O2Si. The fourth-order valence-electron chi connectivity index (χ4n) is 2.20. The third kappa shape index (κ3) is 9.80. The lowest BCUT2D eigenvalue weighted by atomic mass is 10.1. The second-order valence-electron chi connectivity index (χ2n) is 5.25. The zero-order valence-corrected chi connectivity index (χ0v) is 13.6. The first-order valence-corrected chi connectivity index (χ1v) is 9.88. The molecule has 0 spiro atoms. The summed E-state index contributed by atoms with van der Waals surface area (Å²) < 4.78 is 11.9. The van der Waals surface area contributed by atoms with E-state index in [1.807, 2.05) is 0 Å². The summed E-state index contributed by atoms with van der Waals surface area (Å²) >= 11 is 0. The summed E-state index contributed by atoms with van der Waals surface area (Å²) in [5, 5.41) is 0. The van der Waals surface area contributed by atoms with E-state index in [4.69, 9.17) is 8.85 Å². The van der Waals surface area contributed by atoms with Crippen LogP contribution < -0.4 is 0 Å². The highest BCUT2D eigenvalue weighted by Crippen LogP contribution is 2.20. The van der Waals surface area contributed by atoms with Gasteiger partial charge in [0.1, 0.15) is 0 Å². The molecule has 104 valence electrons. The molecule has 0 aromatic heterocycles.